The van der Waals surface area contributed by atoms with Crippen LogP contribution in [0.15, 0.2) is 24.3 Å². The Morgan fingerprint density at radius 1 is 1.19 bits per heavy atom. The number of amides is 2. The Labute approximate surface area is 126 Å². The molecule has 0 aliphatic heterocycles. The lowest BCUT2D eigenvalue weighted by molar-refractivity contribution is -0.127. The first kappa shape index (κ1) is 17.2. The molecule has 0 aliphatic carbocycles. The second-order valence-electron chi connectivity index (χ2n) is 5.51. The Morgan fingerprint density at radius 2 is 1.86 bits per heavy atom. The zero-order valence-corrected chi connectivity index (χ0v) is 13.0. The summed E-state index contributed by atoms with van der Waals surface area (Å²) in [7, 11) is 0. The van der Waals surface area contributed by atoms with Crippen molar-refractivity contribution in [2.24, 2.45) is 11.7 Å². The normalized spacial score (nSPS) is 12.0. The van der Waals surface area contributed by atoms with Crippen molar-refractivity contribution in [3.8, 4) is 0 Å². The van der Waals surface area contributed by atoms with Gasteiger partial charge in [0.1, 0.15) is 0 Å². The van der Waals surface area contributed by atoms with Gasteiger partial charge in [0.15, 0.2) is 0 Å². The molecule has 0 fully saturated rings. The van der Waals surface area contributed by atoms with E-state index in [1.807, 2.05) is 45.0 Å². The summed E-state index contributed by atoms with van der Waals surface area (Å²) in [6, 6.07) is 7.49. The van der Waals surface area contributed by atoms with E-state index in [-0.39, 0.29) is 24.3 Å². The van der Waals surface area contributed by atoms with Gasteiger partial charge in [-0.2, -0.15) is 0 Å². The highest BCUT2D eigenvalue weighted by molar-refractivity contribution is 5.87. The number of hydrogen-bond donors (Lipinski definition) is 3. The number of benzene rings is 1. The predicted octanol–water partition coefficient (Wildman–Crippen LogP) is 0.753. The molecule has 1 aromatic carbocycles. The minimum Gasteiger partial charge on any atom is -0.354 e. The Kier molecular flexibility index (Phi) is 6.88. The van der Waals surface area contributed by atoms with E-state index in [1.165, 1.54) is 11.1 Å². The first-order chi connectivity index (χ1) is 9.91. The lowest BCUT2D eigenvalue weighted by atomic mass is 10.1. The van der Waals surface area contributed by atoms with Crippen molar-refractivity contribution in [2.75, 3.05) is 13.1 Å². The van der Waals surface area contributed by atoms with Crippen molar-refractivity contribution in [1.29, 1.82) is 0 Å². The number of carbonyl (C=O) groups is 2. The van der Waals surface area contributed by atoms with Crippen LogP contribution in [0.5, 0.6) is 0 Å². The zero-order chi connectivity index (χ0) is 15.8. The summed E-state index contributed by atoms with van der Waals surface area (Å²) in [5.41, 5.74) is 8.12. The maximum absolute atomic E-state index is 11.6. The van der Waals surface area contributed by atoms with E-state index < -0.39 is 6.04 Å². The third-order valence-electron chi connectivity index (χ3n) is 3.42. The van der Waals surface area contributed by atoms with Crippen LogP contribution in [0, 0.1) is 12.8 Å². The summed E-state index contributed by atoms with van der Waals surface area (Å²) in [4.78, 5) is 23.3. The van der Waals surface area contributed by atoms with Gasteiger partial charge >= 0.3 is 0 Å². The number of aryl methyl sites for hydroxylation is 1. The molecule has 0 radical (unpaired) electrons. The van der Waals surface area contributed by atoms with Crippen LogP contribution in [-0.4, -0.2) is 30.9 Å². The molecular formula is C16H25N3O2. The first-order valence-electron chi connectivity index (χ1n) is 7.26. The molecule has 5 heteroatoms. The number of nitrogens with two attached hydrogens (primary N) is 1. The van der Waals surface area contributed by atoms with Crippen LogP contribution in [0.25, 0.3) is 0 Å². The SMILES string of the molecule is Cc1ccccc1CCNC(=O)CNC(=O)[C@@H](N)C(C)C. The topological polar surface area (TPSA) is 84.2 Å². The monoisotopic (exact) mass is 291 g/mol. The summed E-state index contributed by atoms with van der Waals surface area (Å²) in [5.74, 6) is -0.443. The minimum absolute atomic E-state index is 0.0347. The first-order valence-corrected chi connectivity index (χ1v) is 7.26. The molecule has 0 aromatic heterocycles. The Hall–Kier alpha value is -1.88. The Bertz CT molecular complexity index is 486. The highest BCUT2D eigenvalue weighted by Crippen LogP contribution is 2.06. The average Bonchev–Trinajstić information content (AvgIpc) is 2.45. The summed E-state index contributed by atoms with van der Waals surface area (Å²) in [5, 5.41) is 5.34. The van der Waals surface area contributed by atoms with Crippen LogP contribution < -0.4 is 16.4 Å². The van der Waals surface area contributed by atoms with Crippen molar-refractivity contribution in [2.45, 2.75) is 33.2 Å². The molecule has 1 aromatic rings. The molecule has 4 N–H and O–H groups in total. The van der Waals surface area contributed by atoms with Gasteiger partial charge in [0.2, 0.25) is 11.8 Å². The van der Waals surface area contributed by atoms with Crippen LogP contribution in [0.3, 0.4) is 0 Å². The van der Waals surface area contributed by atoms with Crippen LogP contribution >= 0.6 is 0 Å². The summed E-state index contributed by atoms with van der Waals surface area (Å²) in [6.45, 7) is 6.30. The van der Waals surface area contributed by atoms with Crippen molar-refractivity contribution in [1.82, 2.24) is 10.6 Å². The lowest BCUT2D eigenvalue weighted by Crippen LogP contribution is -2.47. The van der Waals surface area contributed by atoms with E-state index in [0.29, 0.717) is 6.54 Å². The van der Waals surface area contributed by atoms with Crippen molar-refractivity contribution in [3.63, 3.8) is 0 Å². The number of nitrogens with one attached hydrogen (secondary N) is 2. The fourth-order valence-electron chi connectivity index (χ4n) is 1.88. The third kappa shape index (κ3) is 5.95. The highest BCUT2D eigenvalue weighted by Gasteiger charge is 2.17. The van der Waals surface area contributed by atoms with Crippen LogP contribution in [0.4, 0.5) is 0 Å². The standard InChI is InChI=1S/C16H25N3O2/c1-11(2)15(17)16(21)19-10-14(20)18-9-8-13-7-5-4-6-12(13)3/h4-7,11,15H,8-10,17H2,1-3H3,(H,18,20)(H,19,21)/t15-/m0/s1. The zero-order valence-electron chi connectivity index (χ0n) is 13.0. The summed E-state index contributed by atoms with van der Waals surface area (Å²) >= 11 is 0. The van der Waals surface area contributed by atoms with Crippen molar-refractivity contribution < 1.29 is 9.59 Å². The second-order valence-corrected chi connectivity index (χ2v) is 5.51. The van der Waals surface area contributed by atoms with E-state index in [9.17, 15) is 9.59 Å². The molecule has 0 saturated carbocycles. The van der Waals surface area contributed by atoms with Gasteiger partial charge in [-0.1, -0.05) is 38.1 Å². The fourth-order valence-corrected chi connectivity index (χ4v) is 1.88. The van der Waals surface area contributed by atoms with Crippen LogP contribution in [0.1, 0.15) is 25.0 Å². The molecule has 5 nitrogen and oxygen atoms in total. The van der Waals surface area contributed by atoms with Gasteiger partial charge in [0, 0.05) is 6.54 Å². The van der Waals surface area contributed by atoms with E-state index >= 15 is 0 Å². The van der Waals surface area contributed by atoms with Crippen molar-refractivity contribution >= 4 is 11.8 Å². The molecule has 0 aliphatic rings. The van der Waals surface area contributed by atoms with Gasteiger partial charge in [-0.05, 0) is 30.4 Å². The minimum atomic E-state index is -0.579. The molecule has 1 rings (SSSR count). The predicted molar refractivity (Wildman–Crippen MR) is 83.7 cm³/mol. The number of rotatable bonds is 7. The molecular weight excluding hydrogens is 266 g/mol. The molecule has 0 unspecified atom stereocenters. The molecule has 0 bridgehead atoms. The maximum Gasteiger partial charge on any atom is 0.239 e. The molecule has 0 heterocycles. The molecule has 116 valence electrons. The molecule has 0 spiro atoms. The third-order valence-corrected chi connectivity index (χ3v) is 3.42. The maximum atomic E-state index is 11.6. The van der Waals surface area contributed by atoms with Crippen LogP contribution in [0.2, 0.25) is 0 Å². The molecule has 1 atom stereocenters. The fraction of sp³-hybridized carbons (Fsp3) is 0.500. The Morgan fingerprint density at radius 3 is 2.48 bits per heavy atom. The molecule has 0 saturated heterocycles. The van der Waals surface area contributed by atoms with Crippen molar-refractivity contribution in [3.05, 3.63) is 35.4 Å². The van der Waals surface area contributed by atoms with E-state index in [2.05, 4.69) is 10.6 Å². The van der Waals surface area contributed by atoms with Gasteiger partial charge in [0.05, 0.1) is 12.6 Å². The Balaban J connectivity index is 2.26. The smallest absolute Gasteiger partial charge is 0.239 e. The summed E-state index contributed by atoms with van der Waals surface area (Å²) < 4.78 is 0. The number of hydrogen-bond acceptors (Lipinski definition) is 3. The largest absolute Gasteiger partial charge is 0.354 e. The summed E-state index contributed by atoms with van der Waals surface area (Å²) in [6.07, 6.45) is 0.776. The van der Waals surface area contributed by atoms with Gasteiger partial charge in [0.25, 0.3) is 0 Å². The van der Waals surface area contributed by atoms with E-state index in [4.69, 9.17) is 5.73 Å². The van der Waals surface area contributed by atoms with Gasteiger partial charge < -0.3 is 16.4 Å². The van der Waals surface area contributed by atoms with E-state index in [0.717, 1.165) is 6.42 Å². The van der Waals surface area contributed by atoms with Gasteiger partial charge in [-0.25, -0.2) is 0 Å². The molecule has 2 amide bonds. The van der Waals surface area contributed by atoms with Gasteiger partial charge in [-0.15, -0.1) is 0 Å². The van der Waals surface area contributed by atoms with Crippen LogP contribution in [-0.2, 0) is 16.0 Å². The average molecular weight is 291 g/mol. The second kappa shape index (κ2) is 8.42. The number of carbonyl (C=O) groups excluding carboxylic acids is 2. The quantitative estimate of drug-likeness (QED) is 0.693. The molecule has 21 heavy (non-hydrogen) atoms. The highest BCUT2D eigenvalue weighted by atomic mass is 16.2. The van der Waals surface area contributed by atoms with Gasteiger partial charge in [-0.3, -0.25) is 9.59 Å². The lowest BCUT2D eigenvalue weighted by Gasteiger charge is -2.15. The van der Waals surface area contributed by atoms with E-state index in [1.54, 1.807) is 0 Å².